The molecule has 1 saturated heterocycles. The van der Waals surface area contributed by atoms with E-state index in [1.807, 2.05) is 13.0 Å². The van der Waals surface area contributed by atoms with Crippen LogP contribution < -0.4 is 10.6 Å². The van der Waals surface area contributed by atoms with E-state index in [0.717, 1.165) is 10.5 Å². The number of aryl methyl sites for hydroxylation is 1. The molecule has 1 fully saturated rings. The Balaban J connectivity index is 1.94. The number of imide groups is 1. The van der Waals surface area contributed by atoms with Crippen molar-refractivity contribution in [1.29, 1.82) is 0 Å². The van der Waals surface area contributed by atoms with Gasteiger partial charge in [-0.1, -0.05) is 26.0 Å². The fraction of sp³-hybridized carbons (Fsp3) is 0.474. The maximum absolute atomic E-state index is 12.5. The largest absolute Gasteiger partial charge is 0.451 e. The van der Waals surface area contributed by atoms with E-state index in [-0.39, 0.29) is 0 Å². The van der Waals surface area contributed by atoms with E-state index in [9.17, 15) is 19.2 Å². The Morgan fingerprint density at radius 1 is 1.26 bits per heavy atom. The van der Waals surface area contributed by atoms with Crippen LogP contribution in [0.5, 0.6) is 0 Å². The van der Waals surface area contributed by atoms with Crippen LogP contribution in [0.25, 0.3) is 0 Å². The molecule has 146 valence electrons. The topological polar surface area (TPSA) is 105 Å². The summed E-state index contributed by atoms with van der Waals surface area (Å²) in [4.78, 5) is 49.7. The number of hydrogen-bond donors (Lipinski definition) is 2. The maximum atomic E-state index is 12.5. The summed E-state index contributed by atoms with van der Waals surface area (Å²) in [5.74, 6) is -1.78. The van der Waals surface area contributed by atoms with Crippen LogP contribution in [0, 0.1) is 6.92 Å². The van der Waals surface area contributed by atoms with E-state index in [1.54, 1.807) is 32.0 Å². The number of anilines is 1. The van der Waals surface area contributed by atoms with Gasteiger partial charge in [-0.15, -0.1) is 0 Å². The minimum Gasteiger partial charge on any atom is -0.451 e. The van der Waals surface area contributed by atoms with E-state index in [0.29, 0.717) is 18.5 Å². The molecule has 0 radical (unpaired) electrons. The molecule has 1 atom stereocenters. The number of rotatable bonds is 7. The van der Waals surface area contributed by atoms with E-state index in [1.165, 1.54) is 6.92 Å². The number of carbonyl (C=O) groups is 4. The van der Waals surface area contributed by atoms with Crippen molar-refractivity contribution in [1.82, 2.24) is 10.2 Å². The second-order valence-corrected chi connectivity index (χ2v) is 6.60. The maximum Gasteiger partial charge on any atom is 0.327 e. The SMILES string of the molecule is CCC1(CC)NC(=O)N(CC(=O)O[C@H](C)C(=O)Nc2cccc(C)c2)C1=O. The van der Waals surface area contributed by atoms with Crippen molar-refractivity contribution in [3.05, 3.63) is 29.8 Å². The highest BCUT2D eigenvalue weighted by Gasteiger charge is 2.49. The van der Waals surface area contributed by atoms with Crippen LogP contribution in [0.4, 0.5) is 10.5 Å². The van der Waals surface area contributed by atoms with Crippen LogP contribution in [-0.4, -0.2) is 46.9 Å². The monoisotopic (exact) mass is 375 g/mol. The Kier molecular flexibility index (Phi) is 6.20. The standard InChI is InChI=1S/C19H25N3O5/c1-5-19(6-2)17(25)22(18(26)21-19)11-15(23)27-13(4)16(24)20-14-9-7-8-12(3)10-14/h7-10,13H,5-6,11H2,1-4H3,(H,20,24)(H,21,26)/t13-/m1/s1. The first-order chi connectivity index (χ1) is 12.7. The van der Waals surface area contributed by atoms with Gasteiger partial charge in [-0.25, -0.2) is 4.79 Å². The van der Waals surface area contributed by atoms with Gasteiger partial charge in [0, 0.05) is 5.69 Å². The highest BCUT2D eigenvalue weighted by Crippen LogP contribution is 2.24. The summed E-state index contributed by atoms with van der Waals surface area (Å²) in [6, 6.07) is 6.57. The minimum absolute atomic E-state index is 0.426. The predicted molar refractivity (Wildman–Crippen MR) is 98.9 cm³/mol. The summed E-state index contributed by atoms with van der Waals surface area (Å²) in [6.07, 6.45) is -0.218. The third-order valence-corrected chi connectivity index (χ3v) is 4.70. The molecule has 1 aromatic rings. The normalized spacial score (nSPS) is 16.7. The van der Waals surface area contributed by atoms with E-state index in [2.05, 4.69) is 10.6 Å². The van der Waals surface area contributed by atoms with E-state index in [4.69, 9.17) is 4.74 Å². The summed E-state index contributed by atoms with van der Waals surface area (Å²) in [7, 11) is 0. The third-order valence-electron chi connectivity index (χ3n) is 4.70. The van der Waals surface area contributed by atoms with Crippen LogP contribution in [0.15, 0.2) is 24.3 Å². The Morgan fingerprint density at radius 3 is 2.48 bits per heavy atom. The summed E-state index contributed by atoms with van der Waals surface area (Å²) >= 11 is 0. The fourth-order valence-electron chi connectivity index (χ4n) is 2.93. The number of nitrogens with one attached hydrogen (secondary N) is 2. The number of hydrogen-bond acceptors (Lipinski definition) is 5. The number of ether oxygens (including phenoxy) is 1. The molecule has 8 nitrogen and oxygen atoms in total. The zero-order valence-electron chi connectivity index (χ0n) is 16.0. The van der Waals surface area contributed by atoms with Crippen molar-refractivity contribution in [2.75, 3.05) is 11.9 Å². The van der Waals surface area contributed by atoms with Crippen molar-refractivity contribution in [3.8, 4) is 0 Å². The summed E-state index contributed by atoms with van der Waals surface area (Å²) < 4.78 is 5.08. The summed E-state index contributed by atoms with van der Waals surface area (Å²) in [5.41, 5.74) is 0.588. The molecule has 4 amide bonds. The van der Waals surface area contributed by atoms with Gasteiger partial charge < -0.3 is 15.4 Å². The molecule has 0 bridgehead atoms. The quantitative estimate of drug-likeness (QED) is 0.560. The van der Waals surface area contributed by atoms with Crippen LogP contribution in [0.3, 0.4) is 0 Å². The first kappa shape index (κ1) is 20.4. The van der Waals surface area contributed by atoms with Gasteiger partial charge in [0.05, 0.1) is 0 Å². The van der Waals surface area contributed by atoms with Crippen LogP contribution >= 0.6 is 0 Å². The number of esters is 1. The molecule has 1 heterocycles. The molecule has 2 rings (SSSR count). The lowest BCUT2D eigenvalue weighted by Crippen LogP contribution is -2.46. The lowest BCUT2D eigenvalue weighted by Gasteiger charge is -2.23. The number of carbonyl (C=O) groups excluding carboxylic acids is 4. The van der Waals surface area contributed by atoms with E-state index >= 15 is 0 Å². The second-order valence-electron chi connectivity index (χ2n) is 6.60. The predicted octanol–water partition coefficient (Wildman–Crippen LogP) is 1.98. The van der Waals surface area contributed by atoms with Gasteiger partial charge in [0.2, 0.25) is 0 Å². The first-order valence-corrected chi connectivity index (χ1v) is 8.93. The molecule has 27 heavy (non-hydrogen) atoms. The zero-order chi connectivity index (χ0) is 20.2. The van der Waals surface area contributed by atoms with Gasteiger partial charge in [0.1, 0.15) is 12.1 Å². The molecule has 0 unspecified atom stereocenters. The molecular formula is C19H25N3O5. The van der Waals surface area contributed by atoms with Crippen molar-refractivity contribution in [3.63, 3.8) is 0 Å². The number of nitrogens with zero attached hydrogens (tertiary/aromatic N) is 1. The molecule has 0 spiro atoms. The smallest absolute Gasteiger partial charge is 0.327 e. The molecule has 2 N–H and O–H groups in total. The zero-order valence-corrected chi connectivity index (χ0v) is 16.0. The Hall–Kier alpha value is -2.90. The molecule has 1 aromatic carbocycles. The van der Waals surface area contributed by atoms with Crippen LogP contribution in [-0.2, 0) is 19.1 Å². The first-order valence-electron chi connectivity index (χ1n) is 8.93. The third kappa shape index (κ3) is 4.45. The van der Waals surface area contributed by atoms with Gasteiger partial charge in [-0.05, 0) is 44.4 Å². The Bertz CT molecular complexity index is 757. The molecule has 1 aliphatic heterocycles. The number of amides is 4. The Labute approximate surface area is 158 Å². The van der Waals surface area contributed by atoms with Crippen molar-refractivity contribution in [2.45, 2.75) is 52.2 Å². The lowest BCUT2D eigenvalue weighted by atomic mass is 9.93. The van der Waals surface area contributed by atoms with Crippen LogP contribution in [0.1, 0.15) is 39.2 Å². The number of urea groups is 1. The van der Waals surface area contributed by atoms with Crippen molar-refractivity contribution >= 4 is 29.5 Å². The molecule has 0 aromatic heterocycles. The molecule has 0 saturated carbocycles. The average molecular weight is 375 g/mol. The van der Waals surface area contributed by atoms with E-state index < -0.39 is 42.0 Å². The highest BCUT2D eigenvalue weighted by molar-refractivity contribution is 6.08. The second kappa shape index (κ2) is 8.20. The molecule has 1 aliphatic rings. The molecule has 8 heteroatoms. The summed E-state index contributed by atoms with van der Waals surface area (Å²) in [6.45, 7) is 6.37. The van der Waals surface area contributed by atoms with Crippen LogP contribution in [0.2, 0.25) is 0 Å². The van der Waals surface area contributed by atoms with Crippen molar-refractivity contribution < 1.29 is 23.9 Å². The van der Waals surface area contributed by atoms with Gasteiger partial charge in [-0.2, -0.15) is 0 Å². The van der Waals surface area contributed by atoms with Gasteiger partial charge in [0.25, 0.3) is 11.8 Å². The summed E-state index contributed by atoms with van der Waals surface area (Å²) in [5, 5.41) is 5.29. The number of benzene rings is 1. The average Bonchev–Trinajstić information content (AvgIpc) is 2.86. The molecular weight excluding hydrogens is 350 g/mol. The van der Waals surface area contributed by atoms with Gasteiger partial charge in [0.15, 0.2) is 6.10 Å². The fourth-order valence-corrected chi connectivity index (χ4v) is 2.93. The highest BCUT2D eigenvalue weighted by atomic mass is 16.5. The van der Waals surface area contributed by atoms with Gasteiger partial charge in [-0.3, -0.25) is 19.3 Å². The lowest BCUT2D eigenvalue weighted by molar-refractivity contribution is -0.155. The minimum atomic E-state index is -1.07. The molecule has 0 aliphatic carbocycles. The van der Waals surface area contributed by atoms with Gasteiger partial charge >= 0.3 is 12.0 Å². The Morgan fingerprint density at radius 2 is 1.93 bits per heavy atom. The van der Waals surface area contributed by atoms with Crippen molar-refractivity contribution in [2.24, 2.45) is 0 Å².